The highest BCUT2D eigenvalue weighted by Crippen LogP contribution is 2.33. The number of fused-ring (bicyclic) bond motifs is 2. The van der Waals surface area contributed by atoms with Crippen molar-refractivity contribution in [2.75, 3.05) is 5.32 Å². The van der Waals surface area contributed by atoms with Crippen LogP contribution in [0.4, 0.5) is 5.69 Å². The fourth-order valence-electron chi connectivity index (χ4n) is 4.77. The Hall–Kier alpha value is -4.86. The SMILES string of the molecule is Cc1cn(-c2ccnc3[nH]c(-c4n[nH]c5ncc(-c6cncc(NC(=O)C7CCC7)c6)cc45)cc23)cn1. The van der Waals surface area contributed by atoms with Gasteiger partial charge in [-0.05, 0) is 44.0 Å². The first-order valence-corrected chi connectivity index (χ1v) is 12.2. The zero-order valence-electron chi connectivity index (χ0n) is 20.1. The molecule has 37 heavy (non-hydrogen) atoms. The highest BCUT2D eigenvalue weighted by molar-refractivity contribution is 5.97. The van der Waals surface area contributed by atoms with Gasteiger partial charge in [0.1, 0.15) is 11.3 Å². The number of carbonyl (C=O) groups excluding carboxylic acids is 1. The zero-order valence-corrected chi connectivity index (χ0v) is 20.1. The molecule has 0 atom stereocenters. The summed E-state index contributed by atoms with van der Waals surface area (Å²) in [6.07, 6.45) is 13.8. The zero-order chi connectivity index (χ0) is 24.9. The molecule has 182 valence electrons. The number of amides is 1. The third-order valence-corrected chi connectivity index (χ3v) is 6.99. The van der Waals surface area contributed by atoms with E-state index in [2.05, 4.69) is 40.4 Å². The molecule has 6 aromatic rings. The minimum absolute atomic E-state index is 0.0635. The molecule has 6 aromatic heterocycles. The highest BCUT2D eigenvalue weighted by atomic mass is 16.1. The number of hydrogen-bond donors (Lipinski definition) is 3. The largest absolute Gasteiger partial charge is 0.338 e. The van der Waals surface area contributed by atoms with Crippen LogP contribution in [-0.4, -0.2) is 45.6 Å². The molecule has 0 aliphatic heterocycles. The van der Waals surface area contributed by atoms with Crippen LogP contribution in [0.3, 0.4) is 0 Å². The van der Waals surface area contributed by atoms with E-state index in [9.17, 15) is 4.79 Å². The summed E-state index contributed by atoms with van der Waals surface area (Å²) >= 11 is 0. The summed E-state index contributed by atoms with van der Waals surface area (Å²) < 4.78 is 1.99. The number of aromatic nitrogens is 8. The number of pyridine rings is 3. The van der Waals surface area contributed by atoms with Gasteiger partial charge in [0.15, 0.2) is 5.65 Å². The number of aromatic amines is 2. The van der Waals surface area contributed by atoms with Gasteiger partial charge in [-0.25, -0.2) is 15.0 Å². The predicted molar refractivity (Wildman–Crippen MR) is 140 cm³/mol. The average Bonchev–Trinajstić information content (AvgIpc) is 3.60. The molecular weight excluding hydrogens is 466 g/mol. The maximum absolute atomic E-state index is 12.4. The lowest BCUT2D eigenvalue weighted by Gasteiger charge is -2.24. The Bertz CT molecular complexity index is 1790. The quantitative estimate of drug-likeness (QED) is 0.319. The summed E-state index contributed by atoms with van der Waals surface area (Å²) in [5.74, 6) is 0.174. The first-order chi connectivity index (χ1) is 18.1. The molecule has 7 rings (SSSR count). The Morgan fingerprint density at radius 3 is 2.73 bits per heavy atom. The predicted octanol–water partition coefficient (Wildman–Crippen LogP) is 4.80. The van der Waals surface area contributed by atoms with Crippen LogP contribution in [0, 0.1) is 12.8 Å². The average molecular weight is 490 g/mol. The summed E-state index contributed by atoms with van der Waals surface area (Å²) in [6.45, 7) is 1.96. The van der Waals surface area contributed by atoms with Gasteiger partial charge in [-0.1, -0.05) is 6.42 Å². The smallest absolute Gasteiger partial charge is 0.227 e. The van der Waals surface area contributed by atoms with Crippen molar-refractivity contribution in [1.82, 2.24) is 39.7 Å². The number of nitrogens with one attached hydrogen (secondary N) is 3. The molecule has 1 fully saturated rings. The number of hydrogen-bond acceptors (Lipinski definition) is 6. The Morgan fingerprint density at radius 1 is 1.03 bits per heavy atom. The third-order valence-electron chi connectivity index (χ3n) is 6.99. The molecule has 0 radical (unpaired) electrons. The fraction of sp³-hybridized carbons (Fsp3) is 0.185. The van der Waals surface area contributed by atoms with Crippen molar-refractivity contribution >= 4 is 33.7 Å². The van der Waals surface area contributed by atoms with Gasteiger partial charge in [0.05, 0.1) is 35.3 Å². The Labute approximate surface area is 211 Å². The van der Waals surface area contributed by atoms with Crippen molar-refractivity contribution in [2.24, 2.45) is 5.92 Å². The second-order valence-electron chi connectivity index (χ2n) is 9.47. The molecule has 1 saturated carbocycles. The number of carbonyl (C=O) groups is 1. The first-order valence-electron chi connectivity index (χ1n) is 12.2. The molecule has 0 spiro atoms. The number of aryl methyl sites for hydroxylation is 1. The molecule has 6 heterocycles. The summed E-state index contributed by atoms with van der Waals surface area (Å²) in [5.41, 5.74) is 7.38. The lowest BCUT2D eigenvalue weighted by Crippen LogP contribution is -2.28. The van der Waals surface area contributed by atoms with Crippen molar-refractivity contribution in [1.29, 1.82) is 0 Å². The number of imidazole rings is 1. The van der Waals surface area contributed by atoms with Crippen molar-refractivity contribution in [3.05, 3.63) is 67.3 Å². The Morgan fingerprint density at radius 2 is 1.92 bits per heavy atom. The van der Waals surface area contributed by atoms with Crippen LogP contribution in [0.2, 0.25) is 0 Å². The minimum atomic E-state index is 0.0635. The van der Waals surface area contributed by atoms with E-state index >= 15 is 0 Å². The molecule has 10 nitrogen and oxygen atoms in total. The van der Waals surface area contributed by atoms with Gasteiger partial charge in [0, 0.05) is 52.6 Å². The minimum Gasteiger partial charge on any atom is -0.338 e. The topological polar surface area (TPSA) is 130 Å². The van der Waals surface area contributed by atoms with Gasteiger partial charge in [-0.3, -0.25) is 14.9 Å². The summed E-state index contributed by atoms with van der Waals surface area (Å²) in [4.78, 5) is 33.6. The van der Waals surface area contributed by atoms with Crippen molar-refractivity contribution in [3.63, 3.8) is 0 Å². The second-order valence-corrected chi connectivity index (χ2v) is 9.47. The van der Waals surface area contributed by atoms with Gasteiger partial charge in [0.25, 0.3) is 0 Å². The highest BCUT2D eigenvalue weighted by Gasteiger charge is 2.25. The van der Waals surface area contributed by atoms with Crippen LogP contribution in [0.5, 0.6) is 0 Å². The van der Waals surface area contributed by atoms with Crippen LogP contribution in [-0.2, 0) is 4.79 Å². The van der Waals surface area contributed by atoms with Gasteiger partial charge >= 0.3 is 0 Å². The van der Waals surface area contributed by atoms with E-state index in [0.29, 0.717) is 11.3 Å². The van der Waals surface area contributed by atoms with E-state index in [4.69, 9.17) is 0 Å². The summed E-state index contributed by atoms with van der Waals surface area (Å²) in [7, 11) is 0. The molecule has 10 heteroatoms. The van der Waals surface area contributed by atoms with Crippen molar-refractivity contribution < 1.29 is 4.79 Å². The molecular formula is C27H23N9O. The summed E-state index contributed by atoms with van der Waals surface area (Å²) in [5, 5.41) is 12.4. The van der Waals surface area contributed by atoms with Gasteiger partial charge in [-0.2, -0.15) is 5.10 Å². The fourth-order valence-corrected chi connectivity index (χ4v) is 4.77. The Balaban J connectivity index is 1.26. The van der Waals surface area contributed by atoms with Crippen molar-refractivity contribution in [2.45, 2.75) is 26.2 Å². The van der Waals surface area contributed by atoms with Crippen LogP contribution in [0.15, 0.2) is 61.6 Å². The van der Waals surface area contributed by atoms with Crippen LogP contribution in [0.1, 0.15) is 25.0 Å². The molecule has 0 unspecified atom stereocenters. The van der Waals surface area contributed by atoms with Crippen LogP contribution < -0.4 is 5.32 Å². The number of nitrogens with zero attached hydrogens (tertiary/aromatic N) is 6. The normalized spacial score (nSPS) is 13.8. The molecule has 1 aliphatic rings. The maximum Gasteiger partial charge on any atom is 0.227 e. The van der Waals surface area contributed by atoms with Crippen molar-refractivity contribution in [3.8, 4) is 28.2 Å². The van der Waals surface area contributed by atoms with E-state index in [1.165, 1.54) is 0 Å². The van der Waals surface area contributed by atoms with Gasteiger partial charge < -0.3 is 14.9 Å². The molecule has 0 saturated heterocycles. The molecule has 1 aliphatic carbocycles. The second kappa shape index (κ2) is 8.37. The van der Waals surface area contributed by atoms with E-state index in [-0.39, 0.29) is 11.8 Å². The van der Waals surface area contributed by atoms with E-state index < -0.39 is 0 Å². The molecule has 0 bridgehead atoms. The first kappa shape index (κ1) is 21.4. The van der Waals surface area contributed by atoms with Gasteiger partial charge in [-0.15, -0.1) is 0 Å². The Kier molecular flexibility index (Phi) is 4.85. The van der Waals surface area contributed by atoms with Crippen LogP contribution in [0.25, 0.3) is 50.3 Å². The maximum atomic E-state index is 12.4. The third kappa shape index (κ3) is 3.74. The number of anilines is 1. The number of rotatable bonds is 5. The van der Waals surface area contributed by atoms with Crippen LogP contribution >= 0.6 is 0 Å². The lowest BCUT2D eigenvalue weighted by molar-refractivity contribution is -0.122. The van der Waals surface area contributed by atoms with E-state index in [1.54, 1.807) is 31.1 Å². The lowest BCUT2D eigenvalue weighted by atomic mass is 9.85. The standard InChI is InChI=1S/C27H23N9O/c1-15-13-36(14-31-15)23-5-6-29-25-20(23)9-22(33-25)24-21-8-18(11-30-26(21)35-34-24)17-7-19(12-28-10-17)32-27(37)16-3-2-4-16/h5-14,16H,2-4H2,1H3,(H,29,33)(H,32,37)(H,30,34,35). The molecule has 0 aromatic carbocycles. The molecule has 3 N–H and O–H groups in total. The molecule has 1 amide bonds. The van der Waals surface area contributed by atoms with E-state index in [1.807, 2.05) is 42.0 Å². The van der Waals surface area contributed by atoms with Gasteiger partial charge in [0.2, 0.25) is 5.91 Å². The monoisotopic (exact) mass is 489 g/mol. The number of H-pyrrole nitrogens is 2. The summed E-state index contributed by atoms with van der Waals surface area (Å²) in [6, 6.07) is 7.98. The van der Waals surface area contributed by atoms with E-state index in [0.717, 1.165) is 69.6 Å².